The van der Waals surface area contributed by atoms with E-state index in [2.05, 4.69) is 18.0 Å². The summed E-state index contributed by atoms with van der Waals surface area (Å²) in [6, 6.07) is 0. The molecule has 4 aliphatic rings. The van der Waals surface area contributed by atoms with Crippen molar-refractivity contribution in [3.8, 4) is 0 Å². The van der Waals surface area contributed by atoms with Gasteiger partial charge in [-0.2, -0.15) is 21.6 Å². The molecule has 0 aromatic carbocycles. The lowest BCUT2D eigenvalue weighted by Crippen LogP contribution is -2.63. The minimum absolute atomic E-state index is 0.00561. The highest BCUT2D eigenvalue weighted by molar-refractivity contribution is 8.03. The topological polar surface area (TPSA) is 195 Å². The normalized spacial score (nSPS) is 35.2. The van der Waals surface area contributed by atoms with Crippen LogP contribution in [0.3, 0.4) is 0 Å². The largest absolute Gasteiger partial charge is 0.512 e. The molecule has 298 valence electrons. The van der Waals surface area contributed by atoms with Gasteiger partial charge in [0.1, 0.15) is 31.5 Å². The summed E-state index contributed by atoms with van der Waals surface area (Å²) in [6.45, 7) is 8.96. The molecule has 4 rings (SSSR count). The fourth-order valence-corrected chi connectivity index (χ4v) is 12.2. The molecular weight excluding hydrogens is 739 g/mol. The maximum atomic E-state index is 12.6. The third kappa shape index (κ3) is 9.05. The summed E-state index contributed by atoms with van der Waals surface area (Å²) >= 11 is 0. The summed E-state index contributed by atoms with van der Waals surface area (Å²) in [5.74, 6) is -1.73. The van der Waals surface area contributed by atoms with Gasteiger partial charge in [-0.3, -0.25) is 23.4 Å². The van der Waals surface area contributed by atoms with Crippen LogP contribution < -0.4 is 4.13 Å². The Morgan fingerprint density at radius 1 is 0.846 bits per heavy atom. The Morgan fingerprint density at radius 3 is 2.08 bits per heavy atom. The van der Waals surface area contributed by atoms with Gasteiger partial charge in [0.15, 0.2) is 0 Å². The quantitative estimate of drug-likeness (QED) is 0.158. The number of carbonyl (C=O) groups is 4. The van der Waals surface area contributed by atoms with Crippen LogP contribution in [0.4, 0.5) is 13.2 Å². The van der Waals surface area contributed by atoms with E-state index >= 15 is 0 Å². The highest BCUT2D eigenvalue weighted by Gasteiger charge is 2.67. The Labute approximate surface area is 302 Å². The molecule has 0 saturated heterocycles. The van der Waals surface area contributed by atoms with E-state index in [4.69, 9.17) is 18.9 Å². The molecule has 4 fully saturated rings. The first-order valence-corrected chi connectivity index (χ1v) is 20.5. The number of hydrogen-bond donors (Lipinski definition) is 1. The second-order valence-corrected chi connectivity index (χ2v) is 18.6. The number of rotatable bonds is 13. The first-order valence-electron chi connectivity index (χ1n) is 17.6. The molecule has 52 heavy (non-hydrogen) atoms. The van der Waals surface area contributed by atoms with Crippen LogP contribution in [0.25, 0.3) is 0 Å². The van der Waals surface area contributed by atoms with Gasteiger partial charge in [-0.15, -0.1) is 0 Å². The minimum Gasteiger partial charge on any atom is -0.463 e. The minimum atomic E-state index is -6.22. The van der Waals surface area contributed by atoms with Gasteiger partial charge >= 0.3 is 49.7 Å². The van der Waals surface area contributed by atoms with Crippen molar-refractivity contribution in [2.45, 2.75) is 123 Å². The molecule has 0 radical (unpaired) electrons. The van der Waals surface area contributed by atoms with E-state index in [1.54, 1.807) is 0 Å². The van der Waals surface area contributed by atoms with Gasteiger partial charge in [0.05, 0.1) is 0 Å². The molecule has 0 amide bonds. The molecule has 0 aromatic heterocycles. The van der Waals surface area contributed by atoms with Gasteiger partial charge in [-0.1, -0.05) is 24.9 Å². The molecule has 11 atom stereocenters. The Hall–Kier alpha value is -2.51. The molecule has 0 spiro atoms. The van der Waals surface area contributed by atoms with Crippen molar-refractivity contribution < 1.29 is 72.3 Å². The van der Waals surface area contributed by atoms with Crippen molar-refractivity contribution in [1.29, 1.82) is 0 Å². The third-order valence-corrected chi connectivity index (χ3v) is 15.1. The van der Waals surface area contributed by atoms with Gasteiger partial charge in [-0.25, -0.2) is 8.42 Å². The van der Waals surface area contributed by atoms with E-state index in [1.807, 2.05) is 6.92 Å². The summed E-state index contributed by atoms with van der Waals surface area (Å²) in [5, 5.41) is 0. The molecule has 0 bridgehead atoms. The molecule has 14 nitrogen and oxygen atoms in total. The second-order valence-electron chi connectivity index (χ2n) is 15.3. The predicted molar refractivity (Wildman–Crippen MR) is 175 cm³/mol. The van der Waals surface area contributed by atoms with Crippen molar-refractivity contribution in [2.24, 2.45) is 46.3 Å². The van der Waals surface area contributed by atoms with E-state index in [0.29, 0.717) is 36.2 Å². The van der Waals surface area contributed by atoms with Gasteiger partial charge in [0, 0.05) is 38.5 Å². The van der Waals surface area contributed by atoms with Crippen LogP contribution in [-0.4, -0.2) is 77.7 Å². The molecule has 0 heterocycles. The zero-order chi connectivity index (χ0) is 39.0. The van der Waals surface area contributed by atoms with Crippen LogP contribution in [-0.2, 0) is 62.6 Å². The number of fused-ring (bicyclic) bond motifs is 5. The number of carbonyl (C=O) groups excluding carboxylic acids is 4. The lowest BCUT2D eigenvalue weighted by Gasteiger charge is -2.64. The average molecular weight is 790 g/mol. The molecule has 11 unspecified atom stereocenters. The summed E-state index contributed by atoms with van der Waals surface area (Å²) in [5.41, 5.74) is -6.58. The van der Waals surface area contributed by atoms with Crippen molar-refractivity contribution in [3.63, 3.8) is 0 Å². The Morgan fingerprint density at radius 2 is 1.48 bits per heavy atom. The van der Waals surface area contributed by atoms with E-state index in [-0.39, 0.29) is 71.5 Å². The smallest absolute Gasteiger partial charge is 0.463 e. The average Bonchev–Trinajstić information content (AvgIpc) is 3.35. The zero-order valence-corrected chi connectivity index (χ0v) is 31.9. The first kappa shape index (κ1) is 42.2. The maximum Gasteiger partial charge on any atom is 0.512 e. The van der Waals surface area contributed by atoms with Gasteiger partial charge in [0.2, 0.25) is 0 Å². The number of nitrogens with one attached hydrogen (secondary N) is 1. The monoisotopic (exact) mass is 789 g/mol. The summed E-state index contributed by atoms with van der Waals surface area (Å²) in [7, 11) is -11.6. The maximum absolute atomic E-state index is 12.6. The van der Waals surface area contributed by atoms with Crippen molar-refractivity contribution in [2.75, 3.05) is 13.2 Å². The Kier molecular flexibility index (Phi) is 12.7. The fraction of sp³-hybridized carbons (Fsp3) is 0.879. The Bertz CT molecular complexity index is 1590. The van der Waals surface area contributed by atoms with Crippen LogP contribution in [0.15, 0.2) is 0 Å². The van der Waals surface area contributed by atoms with Crippen molar-refractivity contribution >= 4 is 44.2 Å². The number of esters is 4. The number of halogens is 3. The lowest BCUT2D eigenvalue weighted by atomic mass is 9.43. The second kappa shape index (κ2) is 15.7. The fourth-order valence-electron chi connectivity index (χ4n) is 10.2. The summed E-state index contributed by atoms with van der Waals surface area (Å²) in [4.78, 5) is 49.4. The predicted octanol–water partition coefficient (Wildman–Crippen LogP) is 4.32. The zero-order valence-electron chi connectivity index (χ0n) is 30.2. The Balaban J connectivity index is 1.45. The lowest BCUT2D eigenvalue weighted by molar-refractivity contribution is -0.224. The van der Waals surface area contributed by atoms with Crippen LogP contribution in [0.5, 0.6) is 0 Å². The molecule has 1 N–H and O–H groups in total. The number of ether oxygens (including phenoxy) is 4. The number of hydrogen-bond acceptors (Lipinski definition) is 13. The van der Waals surface area contributed by atoms with Crippen LogP contribution in [0, 0.1) is 46.3 Å². The molecule has 19 heteroatoms. The van der Waals surface area contributed by atoms with E-state index in [0.717, 1.165) is 19.3 Å². The molecule has 0 aliphatic heterocycles. The molecule has 0 aromatic rings. The standard InChI is InChI=1S/C33H50F3NO13S2/c1-18(7-10-29(41)46-13-14-47-52(44,45)37-51(42,43)33(34,35)36)24-8-9-25-30-26(17-28(32(24,25)6)50-21(4)40)31(5)12-11-23(48-19(2)38)15-22(31)16-27(30)49-20(3)39/h18,22-28,30,37H,7-17H2,1-6H3. The van der Waals surface area contributed by atoms with Crippen LogP contribution >= 0.6 is 0 Å². The van der Waals surface area contributed by atoms with E-state index < -0.39 is 62.5 Å². The molecular formula is C33H50F3NO13S2. The highest BCUT2D eigenvalue weighted by atomic mass is 32.3. The number of alkyl halides is 3. The van der Waals surface area contributed by atoms with Crippen LogP contribution in [0.2, 0.25) is 0 Å². The van der Waals surface area contributed by atoms with Crippen molar-refractivity contribution in [3.05, 3.63) is 0 Å². The van der Waals surface area contributed by atoms with Crippen molar-refractivity contribution in [1.82, 2.24) is 4.13 Å². The SMILES string of the molecule is CC(=O)OC1CCC2(C)C(C1)CC(OC(C)=O)C1C2CC(OC(C)=O)C2(C)C(C(C)CCC(=O)OCCOS(=O)(=O)NS(=O)(=O)C(F)(F)F)CCC12. The highest BCUT2D eigenvalue weighted by Crippen LogP contribution is 2.69. The first-order chi connectivity index (χ1) is 23.9. The van der Waals surface area contributed by atoms with Gasteiger partial charge in [-0.05, 0) is 86.4 Å². The van der Waals surface area contributed by atoms with E-state index in [9.17, 15) is 49.2 Å². The van der Waals surface area contributed by atoms with E-state index in [1.165, 1.54) is 20.8 Å². The molecule has 4 saturated carbocycles. The summed E-state index contributed by atoms with van der Waals surface area (Å²) in [6.07, 6.45) is 4.13. The third-order valence-electron chi connectivity index (χ3n) is 12.3. The summed E-state index contributed by atoms with van der Waals surface area (Å²) < 4.78 is 110. The van der Waals surface area contributed by atoms with Crippen LogP contribution in [0.1, 0.15) is 99.3 Å². The number of sulfonamides is 1. The van der Waals surface area contributed by atoms with Gasteiger partial charge < -0.3 is 18.9 Å². The van der Waals surface area contributed by atoms with Gasteiger partial charge in [0.25, 0.3) is 0 Å². The molecule has 4 aliphatic carbocycles.